The lowest BCUT2D eigenvalue weighted by Gasteiger charge is -2.05. The van der Waals surface area contributed by atoms with Crippen LogP contribution in [-0.4, -0.2) is 5.24 Å². The van der Waals surface area contributed by atoms with Gasteiger partial charge in [-0.3, -0.25) is 4.79 Å². The van der Waals surface area contributed by atoms with Crippen molar-refractivity contribution in [1.29, 1.82) is 0 Å². The molecule has 0 heterocycles. The van der Waals surface area contributed by atoms with Crippen LogP contribution in [0.3, 0.4) is 0 Å². The zero-order valence-corrected chi connectivity index (χ0v) is 16.2. The summed E-state index contributed by atoms with van der Waals surface area (Å²) < 4.78 is 0. The molecule has 0 amide bonds. The zero-order valence-electron chi connectivity index (χ0n) is 15.5. The van der Waals surface area contributed by atoms with Crippen molar-refractivity contribution in [2.75, 3.05) is 0 Å². The van der Waals surface area contributed by atoms with E-state index in [4.69, 9.17) is 11.6 Å². The molecule has 0 saturated carbocycles. The molecule has 0 fully saturated rings. The SMILES string of the molecule is CC.CCc1cccc(C)c1.Cc1cc(C(=O)Cl)cc(C)c1C. The van der Waals surface area contributed by atoms with E-state index < -0.39 is 0 Å². The summed E-state index contributed by atoms with van der Waals surface area (Å²) in [5, 5.41) is -0.388. The monoisotopic (exact) mass is 332 g/mol. The van der Waals surface area contributed by atoms with Crippen molar-refractivity contribution < 1.29 is 4.79 Å². The van der Waals surface area contributed by atoms with E-state index >= 15 is 0 Å². The molecule has 2 aromatic rings. The minimum Gasteiger partial charge on any atom is -0.276 e. The predicted octanol–water partition coefficient (Wildman–Crippen LogP) is 6.57. The summed E-state index contributed by atoms with van der Waals surface area (Å²) in [5.74, 6) is 0. The molecule has 0 radical (unpaired) electrons. The third kappa shape index (κ3) is 7.47. The Morgan fingerprint density at radius 2 is 1.48 bits per heavy atom. The first-order valence-electron chi connectivity index (χ1n) is 8.18. The van der Waals surface area contributed by atoms with Gasteiger partial charge in [-0.25, -0.2) is 0 Å². The van der Waals surface area contributed by atoms with Gasteiger partial charge in [0, 0.05) is 5.56 Å². The van der Waals surface area contributed by atoms with Crippen LogP contribution in [0.25, 0.3) is 0 Å². The number of carbonyl (C=O) groups excluding carboxylic acids is 1. The van der Waals surface area contributed by atoms with E-state index in [0.717, 1.165) is 17.5 Å². The van der Waals surface area contributed by atoms with Crippen LogP contribution in [0.5, 0.6) is 0 Å². The Labute approximate surface area is 146 Å². The van der Waals surface area contributed by atoms with Crippen molar-refractivity contribution in [1.82, 2.24) is 0 Å². The number of hydrogen-bond donors (Lipinski definition) is 0. The summed E-state index contributed by atoms with van der Waals surface area (Å²) in [7, 11) is 0. The average Bonchev–Trinajstić information content (AvgIpc) is 2.54. The Balaban J connectivity index is 0.000000392. The molecule has 0 aliphatic rings. The van der Waals surface area contributed by atoms with Gasteiger partial charge < -0.3 is 0 Å². The van der Waals surface area contributed by atoms with Crippen molar-refractivity contribution in [3.8, 4) is 0 Å². The Morgan fingerprint density at radius 1 is 0.957 bits per heavy atom. The van der Waals surface area contributed by atoms with Crippen LogP contribution in [-0.2, 0) is 6.42 Å². The highest BCUT2D eigenvalue weighted by atomic mass is 35.5. The van der Waals surface area contributed by atoms with Crippen molar-refractivity contribution in [3.63, 3.8) is 0 Å². The minimum absolute atomic E-state index is 0.388. The number of rotatable bonds is 2. The van der Waals surface area contributed by atoms with Crippen LogP contribution in [0.4, 0.5) is 0 Å². The fourth-order valence-corrected chi connectivity index (χ4v) is 2.19. The smallest absolute Gasteiger partial charge is 0.252 e. The molecule has 126 valence electrons. The lowest BCUT2D eigenvalue weighted by atomic mass is 10.0. The molecule has 0 aliphatic carbocycles. The van der Waals surface area contributed by atoms with E-state index in [9.17, 15) is 4.79 Å². The molecule has 2 heteroatoms. The van der Waals surface area contributed by atoms with E-state index in [1.165, 1.54) is 16.7 Å². The van der Waals surface area contributed by atoms with E-state index in [1.54, 1.807) is 0 Å². The van der Waals surface area contributed by atoms with Crippen LogP contribution >= 0.6 is 11.6 Å². The molecule has 0 atom stereocenters. The summed E-state index contributed by atoms with van der Waals surface area (Å²) in [6.45, 7) is 14.3. The lowest BCUT2D eigenvalue weighted by molar-refractivity contribution is 0.108. The van der Waals surface area contributed by atoms with Gasteiger partial charge in [0.25, 0.3) is 5.24 Å². The average molecular weight is 333 g/mol. The van der Waals surface area contributed by atoms with Gasteiger partial charge in [-0.1, -0.05) is 50.6 Å². The van der Waals surface area contributed by atoms with Gasteiger partial charge in [0.2, 0.25) is 0 Å². The number of benzene rings is 2. The standard InChI is InChI=1S/C10H11ClO.C9H12.C2H6/c1-6-4-9(10(11)12)5-7(2)8(6)3;1-3-9-6-4-5-8(2)7-9;1-2/h4-5H,1-3H3;4-7H,3H2,1-2H3;1-2H3. The molecular formula is C21H29ClO. The van der Waals surface area contributed by atoms with E-state index in [1.807, 2.05) is 46.8 Å². The van der Waals surface area contributed by atoms with E-state index in [-0.39, 0.29) is 5.24 Å². The molecule has 0 unspecified atom stereocenters. The van der Waals surface area contributed by atoms with Gasteiger partial charge in [0.05, 0.1) is 0 Å². The molecule has 0 bridgehead atoms. The maximum atomic E-state index is 10.8. The Bertz CT molecular complexity index is 606. The molecule has 0 aliphatic heterocycles. The van der Waals surface area contributed by atoms with Gasteiger partial charge in [0.15, 0.2) is 0 Å². The normalized spacial score (nSPS) is 9.22. The van der Waals surface area contributed by atoms with Crippen LogP contribution < -0.4 is 0 Å². The Hall–Kier alpha value is -1.60. The number of halogens is 1. The molecule has 0 aromatic heterocycles. The summed E-state index contributed by atoms with van der Waals surface area (Å²) in [5.41, 5.74) is 6.80. The van der Waals surface area contributed by atoms with Gasteiger partial charge >= 0.3 is 0 Å². The highest BCUT2D eigenvalue weighted by Gasteiger charge is 2.05. The Morgan fingerprint density at radius 3 is 1.83 bits per heavy atom. The molecule has 0 spiro atoms. The fraction of sp³-hybridized carbons (Fsp3) is 0.381. The first kappa shape index (κ1) is 21.4. The van der Waals surface area contributed by atoms with Crippen molar-refractivity contribution in [2.45, 2.75) is 54.9 Å². The first-order valence-corrected chi connectivity index (χ1v) is 8.56. The zero-order chi connectivity index (χ0) is 18.0. The number of carbonyl (C=O) groups is 1. The van der Waals surface area contributed by atoms with Crippen LogP contribution in [0.2, 0.25) is 0 Å². The number of aryl methyl sites for hydroxylation is 4. The van der Waals surface area contributed by atoms with Crippen molar-refractivity contribution in [3.05, 3.63) is 69.8 Å². The maximum absolute atomic E-state index is 10.8. The lowest BCUT2D eigenvalue weighted by Crippen LogP contribution is -1.94. The van der Waals surface area contributed by atoms with Gasteiger partial charge in [0.1, 0.15) is 0 Å². The first-order chi connectivity index (χ1) is 10.8. The fourth-order valence-electron chi connectivity index (χ4n) is 2.08. The molecular weight excluding hydrogens is 304 g/mol. The molecule has 2 rings (SSSR count). The number of hydrogen-bond acceptors (Lipinski definition) is 1. The highest BCUT2D eigenvalue weighted by molar-refractivity contribution is 6.67. The minimum atomic E-state index is -0.388. The summed E-state index contributed by atoms with van der Waals surface area (Å²) in [6, 6.07) is 12.2. The predicted molar refractivity (Wildman–Crippen MR) is 103 cm³/mol. The highest BCUT2D eigenvalue weighted by Crippen LogP contribution is 2.16. The second-order valence-corrected chi connectivity index (χ2v) is 5.69. The maximum Gasteiger partial charge on any atom is 0.252 e. The topological polar surface area (TPSA) is 17.1 Å². The van der Waals surface area contributed by atoms with Crippen LogP contribution in [0.1, 0.15) is 58.9 Å². The summed E-state index contributed by atoms with van der Waals surface area (Å²) in [6.07, 6.45) is 1.14. The van der Waals surface area contributed by atoms with Gasteiger partial charge in [-0.05, 0) is 80.1 Å². The second-order valence-electron chi connectivity index (χ2n) is 5.35. The Kier molecular flexibility index (Phi) is 10.2. The third-order valence-electron chi connectivity index (χ3n) is 3.64. The quantitative estimate of drug-likeness (QED) is 0.568. The second kappa shape index (κ2) is 11.0. The van der Waals surface area contributed by atoms with E-state index in [2.05, 4.69) is 38.1 Å². The summed E-state index contributed by atoms with van der Waals surface area (Å²) >= 11 is 5.36. The molecule has 0 saturated heterocycles. The summed E-state index contributed by atoms with van der Waals surface area (Å²) in [4.78, 5) is 10.8. The molecule has 2 aromatic carbocycles. The van der Waals surface area contributed by atoms with Crippen LogP contribution in [0, 0.1) is 27.7 Å². The van der Waals surface area contributed by atoms with Crippen molar-refractivity contribution in [2.24, 2.45) is 0 Å². The third-order valence-corrected chi connectivity index (χ3v) is 3.86. The van der Waals surface area contributed by atoms with Crippen LogP contribution in [0.15, 0.2) is 36.4 Å². The van der Waals surface area contributed by atoms with Crippen molar-refractivity contribution >= 4 is 16.8 Å². The van der Waals surface area contributed by atoms with Gasteiger partial charge in [-0.15, -0.1) is 0 Å². The molecule has 0 N–H and O–H groups in total. The largest absolute Gasteiger partial charge is 0.276 e. The molecule has 1 nitrogen and oxygen atoms in total. The van der Waals surface area contributed by atoms with E-state index in [0.29, 0.717) is 5.56 Å². The molecule has 23 heavy (non-hydrogen) atoms. The van der Waals surface area contributed by atoms with Gasteiger partial charge in [-0.2, -0.15) is 0 Å².